The third-order valence-electron chi connectivity index (χ3n) is 2.65. The van der Waals surface area contributed by atoms with Crippen molar-refractivity contribution in [2.45, 2.75) is 24.5 Å². The summed E-state index contributed by atoms with van der Waals surface area (Å²) in [6.45, 7) is 6.57. The molecule has 1 fully saturated rings. The number of nitrogens with one attached hydrogen (secondary N) is 1. The predicted octanol–water partition coefficient (Wildman–Crippen LogP) is 1.52. The van der Waals surface area contributed by atoms with Gasteiger partial charge in [0.05, 0.1) is 19.8 Å². The molecule has 1 saturated heterocycles. The van der Waals surface area contributed by atoms with Gasteiger partial charge in [0.25, 0.3) is 0 Å². The molecule has 0 aliphatic carbocycles. The van der Waals surface area contributed by atoms with Crippen LogP contribution in [0.5, 0.6) is 0 Å². The van der Waals surface area contributed by atoms with Gasteiger partial charge in [0.15, 0.2) is 0 Å². The highest BCUT2D eigenvalue weighted by Crippen LogP contribution is 2.36. The Morgan fingerprint density at radius 2 is 2.20 bits per heavy atom. The molecule has 1 aliphatic rings. The Labute approximate surface area is 97.3 Å². The summed E-state index contributed by atoms with van der Waals surface area (Å²) in [6.07, 6.45) is 2.71. The first kappa shape index (κ1) is 13.3. The van der Waals surface area contributed by atoms with Crippen LogP contribution in [0.15, 0.2) is 0 Å². The van der Waals surface area contributed by atoms with E-state index in [1.165, 1.54) is 18.6 Å². The number of methoxy groups -OCH3 is 1. The Morgan fingerprint density at radius 1 is 1.33 bits per heavy atom. The molecule has 1 aliphatic heterocycles. The molecule has 0 bridgehead atoms. The van der Waals surface area contributed by atoms with Gasteiger partial charge in [0.1, 0.15) is 0 Å². The molecular formula is C11H23NO2S. The van der Waals surface area contributed by atoms with Gasteiger partial charge < -0.3 is 14.8 Å². The van der Waals surface area contributed by atoms with Crippen molar-refractivity contribution in [2.24, 2.45) is 0 Å². The summed E-state index contributed by atoms with van der Waals surface area (Å²) in [4.78, 5) is 0. The molecule has 1 rings (SSSR count). The molecule has 0 radical (unpaired) electrons. The van der Waals surface area contributed by atoms with E-state index in [-0.39, 0.29) is 0 Å². The van der Waals surface area contributed by atoms with E-state index in [0.717, 1.165) is 19.7 Å². The lowest BCUT2D eigenvalue weighted by Gasteiger charge is -2.22. The number of hydrogen-bond acceptors (Lipinski definition) is 4. The molecule has 1 heterocycles. The largest absolute Gasteiger partial charge is 0.382 e. The summed E-state index contributed by atoms with van der Waals surface area (Å²) in [5, 5.41) is 3.46. The quantitative estimate of drug-likeness (QED) is 0.644. The summed E-state index contributed by atoms with van der Waals surface area (Å²) in [6, 6.07) is 0. The Kier molecular flexibility index (Phi) is 6.64. The molecule has 0 aromatic heterocycles. The first-order valence-electron chi connectivity index (χ1n) is 5.68. The molecule has 3 nitrogen and oxygen atoms in total. The lowest BCUT2D eigenvalue weighted by atomic mass is 10.1. The smallest absolute Gasteiger partial charge is 0.0700 e. The molecule has 0 aromatic carbocycles. The summed E-state index contributed by atoms with van der Waals surface area (Å²) < 4.78 is 10.7. The third-order valence-corrected chi connectivity index (χ3v) is 4.19. The second-order valence-electron chi connectivity index (χ2n) is 4.18. The van der Waals surface area contributed by atoms with Gasteiger partial charge in [-0.1, -0.05) is 0 Å². The minimum atomic E-state index is 0.465. The van der Waals surface area contributed by atoms with Crippen LogP contribution < -0.4 is 5.32 Å². The first-order valence-corrected chi connectivity index (χ1v) is 6.67. The van der Waals surface area contributed by atoms with Gasteiger partial charge in [0, 0.05) is 24.9 Å². The topological polar surface area (TPSA) is 30.5 Å². The van der Waals surface area contributed by atoms with Crippen LogP contribution in [0.1, 0.15) is 19.8 Å². The molecular weight excluding hydrogens is 210 g/mol. The summed E-state index contributed by atoms with van der Waals surface area (Å²) in [5.74, 6) is 1.32. The van der Waals surface area contributed by atoms with Crippen LogP contribution in [0.4, 0.5) is 0 Å². The van der Waals surface area contributed by atoms with Gasteiger partial charge in [-0.05, 0) is 25.5 Å². The van der Waals surface area contributed by atoms with Crippen molar-refractivity contribution in [3.05, 3.63) is 0 Å². The molecule has 1 N–H and O–H groups in total. The van der Waals surface area contributed by atoms with Crippen molar-refractivity contribution < 1.29 is 9.47 Å². The average Bonchev–Trinajstić information content (AvgIpc) is 2.64. The van der Waals surface area contributed by atoms with Gasteiger partial charge in [-0.2, -0.15) is 11.8 Å². The molecule has 0 spiro atoms. The van der Waals surface area contributed by atoms with Crippen LogP contribution in [0, 0.1) is 0 Å². The lowest BCUT2D eigenvalue weighted by Crippen LogP contribution is -2.34. The molecule has 0 saturated carbocycles. The summed E-state index contributed by atoms with van der Waals surface area (Å²) >= 11 is 2.09. The van der Waals surface area contributed by atoms with Crippen molar-refractivity contribution in [3.63, 3.8) is 0 Å². The third kappa shape index (κ3) is 5.76. The van der Waals surface area contributed by atoms with Gasteiger partial charge in [-0.25, -0.2) is 0 Å². The second-order valence-corrected chi connectivity index (χ2v) is 5.87. The van der Waals surface area contributed by atoms with E-state index in [4.69, 9.17) is 9.47 Å². The number of rotatable bonds is 8. The molecule has 0 aromatic rings. The van der Waals surface area contributed by atoms with Crippen molar-refractivity contribution in [3.8, 4) is 0 Å². The predicted molar refractivity (Wildman–Crippen MR) is 65.7 cm³/mol. The van der Waals surface area contributed by atoms with E-state index >= 15 is 0 Å². The van der Waals surface area contributed by atoms with Crippen molar-refractivity contribution in [2.75, 3.05) is 45.8 Å². The highest BCUT2D eigenvalue weighted by molar-refractivity contribution is 8.00. The Morgan fingerprint density at radius 3 is 2.87 bits per heavy atom. The van der Waals surface area contributed by atoms with Gasteiger partial charge >= 0.3 is 0 Å². The maximum Gasteiger partial charge on any atom is 0.0700 e. The zero-order valence-electron chi connectivity index (χ0n) is 9.88. The maximum atomic E-state index is 5.38. The fourth-order valence-corrected chi connectivity index (χ4v) is 2.99. The highest BCUT2D eigenvalue weighted by atomic mass is 32.2. The maximum absolute atomic E-state index is 5.38. The van der Waals surface area contributed by atoms with Crippen LogP contribution in [-0.2, 0) is 9.47 Å². The van der Waals surface area contributed by atoms with Crippen molar-refractivity contribution >= 4 is 11.8 Å². The average molecular weight is 233 g/mol. The van der Waals surface area contributed by atoms with E-state index in [1.54, 1.807) is 7.11 Å². The molecule has 1 atom stereocenters. The highest BCUT2D eigenvalue weighted by Gasteiger charge is 2.28. The fraction of sp³-hybridized carbons (Fsp3) is 1.00. The fourth-order valence-electron chi connectivity index (χ4n) is 1.72. The molecule has 15 heavy (non-hydrogen) atoms. The van der Waals surface area contributed by atoms with Crippen LogP contribution in [0.2, 0.25) is 0 Å². The minimum Gasteiger partial charge on any atom is -0.382 e. The van der Waals surface area contributed by atoms with Crippen LogP contribution in [0.25, 0.3) is 0 Å². The Hall–Kier alpha value is 0.230. The van der Waals surface area contributed by atoms with E-state index in [9.17, 15) is 0 Å². The van der Waals surface area contributed by atoms with E-state index in [0.29, 0.717) is 18.0 Å². The number of thioether (sulfide) groups is 1. The number of hydrogen-bond donors (Lipinski definition) is 1. The SMILES string of the molecule is COCCOCCNCC1(C)CCCS1. The monoisotopic (exact) mass is 233 g/mol. The molecule has 1 unspecified atom stereocenters. The standard InChI is InChI=1S/C11H23NO2S/c1-11(4-3-9-15-11)10-12-5-6-14-8-7-13-2/h12H,3-10H2,1-2H3. The molecule has 0 amide bonds. The van der Waals surface area contributed by atoms with Gasteiger partial charge in [-0.15, -0.1) is 0 Å². The van der Waals surface area contributed by atoms with Crippen molar-refractivity contribution in [1.82, 2.24) is 5.32 Å². The molecule has 90 valence electrons. The van der Waals surface area contributed by atoms with Crippen LogP contribution in [-0.4, -0.2) is 50.5 Å². The van der Waals surface area contributed by atoms with Gasteiger partial charge in [-0.3, -0.25) is 0 Å². The summed E-state index contributed by atoms with van der Waals surface area (Å²) in [5.41, 5.74) is 0. The first-order chi connectivity index (χ1) is 7.27. The summed E-state index contributed by atoms with van der Waals surface area (Å²) in [7, 11) is 1.69. The zero-order chi connectivity index (χ0) is 11.0. The van der Waals surface area contributed by atoms with E-state index in [1.807, 2.05) is 0 Å². The normalized spacial score (nSPS) is 26.0. The van der Waals surface area contributed by atoms with Gasteiger partial charge in [0.2, 0.25) is 0 Å². The Bertz CT molecular complexity index is 161. The second kappa shape index (κ2) is 7.49. The Balaban J connectivity index is 1.88. The van der Waals surface area contributed by atoms with Crippen molar-refractivity contribution in [1.29, 1.82) is 0 Å². The molecule has 4 heteroatoms. The van der Waals surface area contributed by atoms with Crippen LogP contribution in [0.3, 0.4) is 0 Å². The van der Waals surface area contributed by atoms with E-state index < -0.39 is 0 Å². The van der Waals surface area contributed by atoms with Crippen LogP contribution >= 0.6 is 11.8 Å². The van der Waals surface area contributed by atoms with E-state index in [2.05, 4.69) is 24.0 Å². The zero-order valence-corrected chi connectivity index (χ0v) is 10.7. The lowest BCUT2D eigenvalue weighted by molar-refractivity contribution is 0.0719. The minimum absolute atomic E-state index is 0.465. The number of ether oxygens (including phenoxy) is 2.